The fourth-order valence-corrected chi connectivity index (χ4v) is 9.05. The molecule has 0 aromatic rings. The van der Waals surface area contributed by atoms with Crippen LogP contribution >= 0.6 is 0 Å². The Balaban J connectivity index is 4.34. The van der Waals surface area contributed by atoms with Gasteiger partial charge in [0.05, 0.1) is 0 Å². The van der Waals surface area contributed by atoms with Crippen molar-refractivity contribution in [2.45, 2.75) is 322 Å². The van der Waals surface area contributed by atoms with Crippen molar-refractivity contribution in [3.05, 3.63) is 85.1 Å². The molecule has 0 aromatic heterocycles. The van der Waals surface area contributed by atoms with Crippen LogP contribution in [0.3, 0.4) is 0 Å². The molecule has 0 aliphatic rings. The van der Waals surface area contributed by atoms with Crippen LogP contribution in [-0.2, 0) is 28.6 Å². The molecular weight excluding hydrogens is 925 g/mol. The lowest BCUT2D eigenvalue weighted by atomic mass is 10.0. The largest absolute Gasteiger partial charge is 0.462 e. The molecule has 1 atom stereocenters. The normalized spacial score (nSPS) is 12.6. The van der Waals surface area contributed by atoms with Crippen LogP contribution in [0.2, 0.25) is 0 Å². The third kappa shape index (κ3) is 61.3. The van der Waals surface area contributed by atoms with Crippen LogP contribution in [0.1, 0.15) is 316 Å². The Morgan fingerprint density at radius 3 is 0.853 bits per heavy atom. The number of hydrogen-bond acceptors (Lipinski definition) is 6. The van der Waals surface area contributed by atoms with Crippen LogP contribution in [0.25, 0.3) is 0 Å². The minimum absolute atomic E-state index is 0.0901. The highest BCUT2D eigenvalue weighted by Gasteiger charge is 2.19. The smallest absolute Gasteiger partial charge is 0.306 e. The van der Waals surface area contributed by atoms with E-state index in [2.05, 4.69) is 106 Å². The fourth-order valence-electron chi connectivity index (χ4n) is 9.05. The Morgan fingerprint density at radius 1 is 0.280 bits per heavy atom. The van der Waals surface area contributed by atoms with Gasteiger partial charge in [0.2, 0.25) is 0 Å². The van der Waals surface area contributed by atoms with Gasteiger partial charge in [-0.05, 0) is 116 Å². The molecule has 0 saturated heterocycles. The van der Waals surface area contributed by atoms with Crippen LogP contribution in [0, 0.1) is 0 Å². The second-order valence-corrected chi connectivity index (χ2v) is 21.3. The van der Waals surface area contributed by atoms with Crippen molar-refractivity contribution >= 4 is 17.9 Å². The number of unbranched alkanes of at least 4 members (excludes halogenated alkanes) is 33. The second kappa shape index (κ2) is 63.1. The van der Waals surface area contributed by atoms with Gasteiger partial charge >= 0.3 is 17.9 Å². The van der Waals surface area contributed by atoms with Gasteiger partial charge in [-0.15, -0.1) is 0 Å². The average molecular weight is 1050 g/mol. The number of esters is 3. The van der Waals surface area contributed by atoms with Crippen LogP contribution in [0.15, 0.2) is 85.1 Å². The first-order valence-corrected chi connectivity index (χ1v) is 32.1. The predicted molar refractivity (Wildman–Crippen MR) is 325 cm³/mol. The fraction of sp³-hybridized carbons (Fsp3) is 0.754. The Morgan fingerprint density at radius 2 is 0.520 bits per heavy atom. The van der Waals surface area contributed by atoms with E-state index in [9.17, 15) is 14.4 Å². The van der Waals surface area contributed by atoms with Gasteiger partial charge in [-0.2, -0.15) is 0 Å². The molecule has 432 valence electrons. The molecule has 0 heterocycles. The zero-order valence-electron chi connectivity index (χ0n) is 49.6. The molecule has 0 aliphatic heterocycles. The zero-order chi connectivity index (χ0) is 54.3. The third-order valence-electron chi connectivity index (χ3n) is 13.9. The minimum atomic E-state index is -0.797. The zero-order valence-corrected chi connectivity index (χ0v) is 49.6. The standard InChI is InChI=1S/C69H120O6/c1-4-7-10-13-16-19-22-25-28-30-31-32-33-34-35-36-37-39-41-44-47-50-53-56-59-62-68(71)74-65-66(64-73-67(70)61-58-55-52-49-46-43-40-27-24-21-18-15-12-9-6-3)75-69(72)63-60-57-54-51-48-45-42-38-29-26-23-20-17-14-11-8-5-2/h8,11,17-18,20-21,26-27,29-31,40,42,45,66H,4-7,9-10,12-16,19,22-25,28,32-39,41,43-44,46-65H2,1-3H3/b11-8-,20-17-,21-18-,29-26-,31-30-,40-27-,45-42-. The van der Waals surface area contributed by atoms with Gasteiger partial charge in [0.1, 0.15) is 13.2 Å². The van der Waals surface area contributed by atoms with Gasteiger partial charge in [-0.25, -0.2) is 0 Å². The maximum Gasteiger partial charge on any atom is 0.306 e. The molecular formula is C69H120O6. The summed E-state index contributed by atoms with van der Waals surface area (Å²) in [5.41, 5.74) is 0. The van der Waals surface area contributed by atoms with Crippen LogP contribution < -0.4 is 0 Å². The molecule has 0 spiro atoms. The maximum absolute atomic E-state index is 12.9. The molecule has 6 heteroatoms. The Bertz CT molecular complexity index is 1430. The summed E-state index contributed by atoms with van der Waals surface area (Å²) >= 11 is 0. The minimum Gasteiger partial charge on any atom is -0.462 e. The monoisotopic (exact) mass is 1040 g/mol. The lowest BCUT2D eigenvalue weighted by Crippen LogP contribution is -2.30. The molecule has 6 nitrogen and oxygen atoms in total. The van der Waals surface area contributed by atoms with Crippen LogP contribution in [0.4, 0.5) is 0 Å². The quantitative estimate of drug-likeness (QED) is 0.0261. The molecule has 0 rings (SSSR count). The number of hydrogen-bond donors (Lipinski definition) is 0. The van der Waals surface area contributed by atoms with Crippen LogP contribution in [-0.4, -0.2) is 37.2 Å². The van der Waals surface area contributed by atoms with Gasteiger partial charge in [0, 0.05) is 19.3 Å². The predicted octanol–water partition coefficient (Wildman–Crippen LogP) is 21.9. The molecule has 0 aromatic carbocycles. The summed E-state index contributed by atoms with van der Waals surface area (Å²) in [5.74, 6) is -0.918. The number of rotatable bonds is 58. The van der Waals surface area contributed by atoms with E-state index in [1.165, 1.54) is 154 Å². The maximum atomic E-state index is 12.9. The van der Waals surface area contributed by atoms with Crippen LogP contribution in [0.5, 0.6) is 0 Å². The Labute approximate surface area is 465 Å². The summed E-state index contributed by atoms with van der Waals surface area (Å²) < 4.78 is 16.9. The van der Waals surface area contributed by atoms with Crippen molar-refractivity contribution in [3.8, 4) is 0 Å². The number of ether oxygens (including phenoxy) is 3. The van der Waals surface area contributed by atoms with Gasteiger partial charge in [-0.1, -0.05) is 266 Å². The summed E-state index contributed by atoms with van der Waals surface area (Å²) in [6.07, 6.45) is 83.1. The lowest BCUT2D eigenvalue weighted by Gasteiger charge is -2.18. The number of carbonyl (C=O) groups excluding carboxylic acids is 3. The van der Waals surface area contributed by atoms with Crippen molar-refractivity contribution < 1.29 is 28.6 Å². The lowest BCUT2D eigenvalue weighted by molar-refractivity contribution is -0.167. The van der Waals surface area contributed by atoms with E-state index in [4.69, 9.17) is 14.2 Å². The van der Waals surface area contributed by atoms with Crippen molar-refractivity contribution in [3.63, 3.8) is 0 Å². The van der Waals surface area contributed by atoms with Gasteiger partial charge in [0.15, 0.2) is 6.10 Å². The highest BCUT2D eigenvalue weighted by molar-refractivity contribution is 5.71. The van der Waals surface area contributed by atoms with E-state index < -0.39 is 6.10 Å². The summed E-state index contributed by atoms with van der Waals surface area (Å²) in [5, 5.41) is 0. The molecule has 75 heavy (non-hydrogen) atoms. The molecule has 0 fully saturated rings. The Kier molecular flexibility index (Phi) is 60.3. The summed E-state index contributed by atoms with van der Waals surface area (Å²) in [7, 11) is 0. The van der Waals surface area contributed by atoms with E-state index in [0.717, 1.165) is 122 Å². The van der Waals surface area contributed by atoms with Crippen molar-refractivity contribution in [2.75, 3.05) is 13.2 Å². The first-order valence-electron chi connectivity index (χ1n) is 32.1. The SMILES string of the molecule is CC/C=C\C/C=C\C/C=C\C/C=C\CCCCCCC(=O)OC(COC(=O)CCCCCCC/C=C\C/C=C\CCCCC)COC(=O)CCCCCCCCCCCCCCC/C=C\CCCCCCCCCC. The first kappa shape index (κ1) is 71.6. The van der Waals surface area contributed by atoms with E-state index in [0.29, 0.717) is 19.3 Å². The summed E-state index contributed by atoms with van der Waals surface area (Å²) in [6, 6.07) is 0. The topological polar surface area (TPSA) is 78.9 Å². The highest BCUT2D eigenvalue weighted by atomic mass is 16.6. The summed E-state index contributed by atoms with van der Waals surface area (Å²) in [6.45, 7) is 6.50. The molecule has 0 aliphatic carbocycles. The average Bonchev–Trinajstić information content (AvgIpc) is 3.41. The number of allylic oxidation sites excluding steroid dienone is 14. The first-order chi connectivity index (χ1) is 37.0. The van der Waals surface area contributed by atoms with Gasteiger partial charge < -0.3 is 14.2 Å². The second-order valence-electron chi connectivity index (χ2n) is 21.3. The van der Waals surface area contributed by atoms with E-state index in [-0.39, 0.29) is 31.1 Å². The van der Waals surface area contributed by atoms with E-state index in [1.54, 1.807) is 0 Å². The summed E-state index contributed by atoms with van der Waals surface area (Å²) in [4.78, 5) is 38.3. The van der Waals surface area contributed by atoms with Crippen molar-refractivity contribution in [1.82, 2.24) is 0 Å². The Hall–Kier alpha value is -3.41. The molecule has 0 bridgehead atoms. The molecule has 1 unspecified atom stereocenters. The van der Waals surface area contributed by atoms with E-state index in [1.807, 2.05) is 0 Å². The molecule has 0 N–H and O–H groups in total. The van der Waals surface area contributed by atoms with E-state index >= 15 is 0 Å². The van der Waals surface area contributed by atoms with Gasteiger partial charge in [0.25, 0.3) is 0 Å². The third-order valence-corrected chi connectivity index (χ3v) is 13.9. The number of carbonyl (C=O) groups is 3. The van der Waals surface area contributed by atoms with Crippen molar-refractivity contribution in [2.24, 2.45) is 0 Å². The molecule has 0 saturated carbocycles. The highest BCUT2D eigenvalue weighted by Crippen LogP contribution is 2.16. The molecule has 0 amide bonds. The van der Waals surface area contributed by atoms with Crippen molar-refractivity contribution in [1.29, 1.82) is 0 Å². The molecule has 0 radical (unpaired) electrons. The van der Waals surface area contributed by atoms with Gasteiger partial charge in [-0.3, -0.25) is 14.4 Å².